The van der Waals surface area contributed by atoms with Crippen molar-refractivity contribution in [3.05, 3.63) is 108 Å². The molecule has 2 heterocycles. The Balaban J connectivity index is 1.51. The number of imidazole rings is 1. The van der Waals surface area contributed by atoms with E-state index in [0.29, 0.717) is 18.8 Å². The van der Waals surface area contributed by atoms with E-state index in [9.17, 15) is 18.3 Å². The maximum Gasteiger partial charge on any atom is 0.326 e. The minimum atomic E-state index is -3.81. The van der Waals surface area contributed by atoms with Gasteiger partial charge in [0.15, 0.2) is 0 Å². The molecule has 0 spiro atoms. The first-order chi connectivity index (χ1) is 18.2. The highest BCUT2D eigenvalue weighted by Crippen LogP contribution is 2.33. The lowest BCUT2D eigenvalue weighted by Crippen LogP contribution is -2.59. The van der Waals surface area contributed by atoms with Gasteiger partial charge in [-0.3, -0.25) is 14.8 Å². The maximum atomic E-state index is 13.1. The average Bonchev–Trinajstić information content (AvgIpc) is 3.35. The molecule has 1 aliphatic rings. The Morgan fingerprint density at radius 3 is 2.55 bits per heavy atom. The maximum absolute atomic E-state index is 13.1. The smallest absolute Gasteiger partial charge is 0.326 e. The number of hydrogen-bond donors (Lipinski definition) is 4. The number of nitrogens with zero attached hydrogens (tertiary/aromatic N) is 2. The molecule has 0 fully saturated rings. The van der Waals surface area contributed by atoms with Gasteiger partial charge in [-0.1, -0.05) is 54.1 Å². The van der Waals surface area contributed by atoms with Crippen molar-refractivity contribution in [3.63, 3.8) is 0 Å². The molecule has 0 aliphatic carbocycles. The van der Waals surface area contributed by atoms with Gasteiger partial charge in [0.2, 0.25) is 0 Å². The second-order valence-corrected chi connectivity index (χ2v) is 11.3. The minimum Gasteiger partial charge on any atom is -0.480 e. The highest BCUT2D eigenvalue weighted by atomic mass is 32.2. The van der Waals surface area contributed by atoms with Crippen LogP contribution in [0.3, 0.4) is 0 Å². The zero-order valence-corrected chi connectivity index (χ0v) is 21.7. The number of aromatic amines is 1. The number of aromatic nitrogens is 2. The average molecular weight is 532 g/mol. The third-order valence-electron chi connectivity index (χ3n) is 6.75. The molecule has 0 radical (unpaired) electrons. The van der Waals surface area contributed by atoms with E-state index >= 15 is 0 Å². The molecule has 1 unspecified atom stereocenters. The minimum absolute atomic E-state index is 0.144. The number of rotatable bonds is 8. The van der Waals surface area contributed by atoms with E-state index in [1.807, 2.05) is 48.2 Å². The zero-order valence-electron chi connectivity index (χ0n) is 20.9. The summed E-state index contributed by atoms with van der Waals surface area (Å²) in [6.45, 7) is 2.69. The number of hydrogen-bond acceptors (Lipinski definition) is 6. The van der Waals surface area contributed by atoms with Gasteiger partial charge >= 0.3 is 5.97 Å². The van der Waals surface area contributed by atoms with Crippen molar-refractivity contribution >= 4 is 27.4 Å². The fraction of sp³-hybridized carbons (Fsp3) is 0.214. The number of nitrogens with one attached hydrogen (secondary N) is 3. The van der Waals surface area contributed by atoms with Crippen LogP contribution in [0.1, 0.15) is 22.4 Å². The third kappa shape index (κ3) is 5.41. The van der Waals surface area contributed by atoms with Crippen LogP contribution in [0.2, 0.25) is 0 Å². The predicted octanol–water partition coefficient (Wildman–Crippen LogP) is 3.69. The highest BCUT2D eigenvalue weighted by molar-refractivity contribution is 7.92. The van der Waals surface area contributed by atoms with Crippen molar-refractivity contribution in [2.24, 2.45) is 0 Å². The summed E-state index contributed by atoms with van der Waals surface area (Å²) in [6, 6.07) is 21.4. The van der Waals surface area contributed by atoms with E-state index in [1.54, 1.807) is 48.9 Å². The summed E-state index contributed by atoms with van der Waals surface area (Å²) in [5.41, 5.74) is 3.31. The molecule has 1 aliphatic heterocycles. The summed E-state index contributed by atoms with van der Waals surface area (Å²) in [5.74, 6) is -0.957. The van der Waals surface area contributed by atoms with Gasteiger partial charge in [-0.2, -0.15) is 0 Å². The van der Waals surface area contributed by atoms with Crippen LogP contribution in [0.15, 0.2) is 90.2 Å². The predicted molar refractivity (Wildman–Crippen MR) is 145 cm³/mol. The number of fused-ring (bicyclic) bond motifs is 1. The van der Waals surface area contributed by atoms with Crippen molar-refractivity contribution in [1.82, 2.24) is 15.3 Å². The number of aryl methyl sites for hydroxylation is 1. The first kappa shape index (κ1) is 25.5. The van der Waals surface area contributed by atoms with Crippen molar-refractivity contribution in [2.75, 3.05) is 16.2 Å². The Hall–Kier alpha value is -4.15. The SMILES string of the molecule is Cc1ccc(S(=O)(=O)Nc2ccc3c(c2)N(Cc2c[nH]cn2)CC(Cc2ccccc2)(C(=O)O)NC3)cc1. The Labute approximate surface area is 221 Å². The zero-order chi connectivity index (χ0) is 26.8. The summed E-state index contributed by atoms with van der Waals surface area (Å²) >= 11 is 0. The normalized spacial score (nSPS) is 17.4. The molecule has 196 valence electrons. The molecule has 9 nitrogen and oxygen atoms in total. The Kier molecular flexibility index (Phi) is 6.92. The van der Waals surface area contributed by atoms with Gasteiger partial charge in [0, 0.05) is 31.4 Å². The topological polar surface area (TPSA) is 127 Å². The summed E-state index contributed by atoms with van der Waals surface area (Å²) in [7, 11) is -3.81. The van der Waals surface area contributed by atoms with E-state index < -0.39 is 21.5 Å². The fourth-order valence-electron chi connectivity index (χ4n) is 4.73. The second kappa shape index (κ2) is 10.3. The van der Waals surface area contributed by atoms with Gasteiger partial charge in [0.05, 0.1) is 29.1 Å². The molecule has 10 heteroatoms. The number of H-pyrrole nitrogens is 1. The molecule has 4 aromatic rings. The summed E-state index contributed by atoms with van der Waals surface area (Å²) in [5, 5.41) is 13.7. The van der Waals surface area contributed by atoms with Crippen LogP contribution in [0.4, 0.5) is 11.4 Å². The van der Waals surface area contributed by atoms with E-state index in [1.165, 1.54) is 0 Å². The molecule has 1 aromatic heterocycles. The molecule has 3 aromatic carbocycles. The Bertz CT molecular complexity index is 1520. The monoisotopic (exact) mass is 531 g/mol. The molecule has 0 amide bonds. The number of carboxylic acids is 1. The number of sulfonamides is 1. The third-order valence-corrected chi connectivity index (χ3v) is 8.15. The largest absolute Gasteiger partial charge is 0.480 e. The summed E-state index contributed by atoms with van der Waals surface area (Å²) < 4.78 is 28.8. The quantitative estimate of drug-likeness (QED) is 0.273. The molecular weight excluding hydrogens is 502 g/mol. The van der Waals surface area contributed by atoms with E-state index in [-0.39, 0.29) is 17.9 Å². The Morgan fingerprint density at radius 2 is 1.87 bits per heavy atom. The van der Waals surface area contributed by atoms with E-state index in [2.05, 4.69) is 20.0 Å². The summed E-state index contributed by atoms with van der Waals surface area (Å²) in [4.78, 5) is 22.2. The van der Waals surface area contributed by atoms with Gasteiger partial charge < -0.3 is 15.0 Å². The second-order valence-electron chi connectivity index (χ2n) is 9.58. The van der Waals surface area contributed by atoms with Gasteiger partial charge in [-0.05, 0) is 42.3 Å². The van der Waals surface area contributed by atoms with E-state index in [4.69, 9.17) is 0 Å². The highest BCUT2D eigenvalue weighted by Gasteiger charge is 2.42. The van der Waals surface area contributed by atoms with Crippen LogP contribution in [-0.2, 0) is 34.3 Å². The molecule has 0 saturated carbocycles. The lowest BCUT2D eigenvalue weighted by Gasteiger charge is -2.34. The van der Waals surface area contributed by atoms with Gasteiger partial charge in [0.1, 0.15) is 5.54 Å². The number of benzene rings is 3. The molecule has 4 N–H and O–H groups in total. The van der Waals surface area contributed by atoms with Crippen LogP contribution in [-0.4, -0.2) is 41.5 Å². The Morgan fingerprint density at radius 1 is 1.11 bits per heavy atom. The van der Waals surface area contributed by atoms with E-state index in [0.717, 1.165) is 28.1 Å². The van der Waals surface area contributed by atoms with Gasteiger partial charge in [-0.25, -0.2) is 13.4 Å². The van der Waals surface area contributed by atoms with Crippen LogP contribution in [0, 0.1) is 6.92 Å². The first-order valence-electron chi connectivity index (χ1n) is 12.2. The van der Waals surface area contributed by atoms with Crippen molar-refractivity contribution < 1.29 is 18.3 Å². The molecular formula is C28H29N5O4S. The standard InChI is InChI=1S/C28H29N5O4S/c1-20-7-11-25(12-8-20)38(36,37)32-23-10-9-22-15-31-28(27(34)35,14-21-5-3-2-4-6-21)18-33(26(22)13-23)17-24-16-29-19-30-24/h2-13,16,19,31-32H,14-15,17-18H2,1H3,(H,29,30)(H,34,35). The lowest BCUT2D eigenvalue weighted by molar-refractivity contribution is -0.144. The van der Waals surface area contributed by atoms with Crippen molar-refractivity contribution in [3.8, 4) is 0 Å². The first-order valence-corrected chi connectivity index (χ1v) is 13.7. The molecule has 5 rings (SSSR count). The summed E-state index contributed by atoms with van der Waals surface area (Å²) in [6.07, 6.45) is 3.62. The van der Waals surface area contributed by atoms with Crippen LogP contribution in [0.5, 0.6) is 0 Å². The van der Waals surface area contributed by atoms with Gasteiger partial charge in [-0.15, -0.1) is 0 Å². The van der Waals surface area contributed by atoms with Crippen molar-refractivity contribution in [2.45, 2.75) is 36.9 Å². The van der Waals surface area contributed by atoms with Gasteiger partial charge in [0.25, 0.3) is 10.0 Å². The van der Waals surface area contributed by atoms with Crippen LogP contribution in [0.25, 0.3) is 0 Å². The van der Waals surface area contributed by atoms with Crippen LogP contribution < -0.4 is 14.9 Å². The lowest BCUT2D eigenvalue weighted by atomic mass is 9.90. The molecule has 1 atom stereocenters. The number of carboxylic acid groups (broad SMARTS) is 1. The fourth-order valence-corrected chi connectivity index (χ4v) is 5.78. The number of carbonyl (C=O) groups is 1. The van der Waals surface area contributed by atoms with Crippen molar-refractivity contribution in [1.29, 1.82) is 0 Å². The number of aliphatic carboxylic acids is 1. The van der Waals surface area contributed by atoms with Crippen LogP contribution >= 0.6 is 0 Å². The molecule has 0 saturated heterocycles. The number of anilines is 2. The molecule has 38 heavy (non-hydrogen) atoms. The molecule has 0 bridgehead atoms.